The normalized spacial score (nSPS) is 23.4. The lowest BCUT2D eigenvalue weighted by Gasteiger charge is -2.21. The van der Waals surface area contributed by atoms with Crippen LogP contribution in [-0.2, 0) is 23.9 Å². The molecule has 0 radical (unpaired) electrons. The molecular formula is C18H25N3O6. The monoisotopic (exact) mass is 379 g/mol. The van der Waals surface area contributed by atoms with Crippen molar-refractivity contribution >= 4 is 29.7 Å². The number of amides is 5. The molecule has 1 saturated heterocycles. The van der Waals surface area contributed by atoms with E-state index in [9.17, 15) is 24.0 Å². The maximum Gasteiger partial charge on any atom is 0.329 e. The molecule has 5 amide bonds. The first-order chi connectivity index (χ1) is 12.8. The molecule has 1 heterocycles. The van der Waals surface area contributed by atoms with Gasteiger partial charge in [-0.3, -0.25) is 24.6 Å². The van der Waals surface area contributed by atoms with Crippen LogP contribution >= 0.6 is 0 Å². The highest BCUT2D eigenvalue weighted by atomic mass is 16.5. The molecule has 9 nitrogen and oxygen atoms in total. The number of hydrogen-bond donors (Lipinski definition) is 2. The molecule has 4 atom stereocenters. The number of esters is 1. The van der Waals surface area contributed by atoms with Gasteiger partial charge in [0, 0.05) is 6.04 Å². The lowest BCUT2D eigenvalue weighted by atomic mass is 9.85. The van der Waals surface area contributed by atoms with E-state index in [-0.39, 0.29) is 6.04 Å². The lowest BCUT2D eigenvalue weighted by molar-refractivity contribution is -0.159. The van der Waals surface area contributed by atoms with Gasteiger partial charge in [-0.25, -0.2) is 9.59 Å². The Morgan fingerprint density at radius 3 is 2.22 bits per heavy atom. The van der Waals surface area contributed by atoms with Gasteiger partial charge in [0.05, 0.1) is 11.8 Å². The van der Waals surface area contributed by atoms with E-state index in [1.165, 1.54) is 6.92 Å². The van der Waals surface area contributed by atoms with E-state index in [4.69, 9.17) is 4.74 Å². The molecular weight excluding hydrogens is 354 g/mol. The van der Waals surface area contributed by atoms with Gasteiger partial charge in [0.15, 0.2) is 6.61 Å². The number of allylic oxidation sites excluding steroid dienone is 2. The first-order valence-corrected chi connectivity index (χ1v) is 9.05. The Hall–Kier alpha value is -2.71. The van der Waals surface area contributed by atoms with Crippen LogP contribution in [-0.4, -0.2) is 53.3 Å². The molecule has 2 aliphatic rings. The zero-order valence-electron chi connectivity index (χ0n) is 15.7. The summed E-state index contributed by atoms with van der Waals surface area (Å²) in [5, 5.41) is 4.59. The summed E-state index contributed by atoms with van der Waals surface area (Å²) < 4.78 is 4.87. The highest BCUT2D eigenvalue weighted by Crippen LogP contribution is 2.36. The Kier molecular flexibility index (Phi) is 6.70. The number of likely N-dealkylation sites (tertiary alicyclic amines) is 1. The minimum atomic E-state index is -1.13. The molecule has 1 aliphatic carbocycles. The third kappa shape index (κ3) is 4.72. The third-order valence-corrected chi connectivity index (χ3v) is 4.86. The Balaban J connectivity index is 1.85. The van der Waals surface area contributed by atoms with E-state index in [0.29, 0.717) is 19.3 Å². The van der Waals surface area contributed by atoms with Crippen molar-refractivity contribution in [1.82, 2.24) is 15.5 Å². The second kappa shape index (κ2) is 8.79. The van der Waals surface area contributed by atoms with E-state index in [2.05, 4.69) is 5.32 Å². The van der Waals surface area contributed by atoms with Gasteiger partial charge in [-0.1, -0.05) is 19.1 Å². The van der Waals surface area contributed by atoms with Crippen LogP contribution in [0, 0.1) is 11.8 Å². The van der Waals surface area contributed by atoms with E-state index in [1.54, 1.807) is 6.92 Å². The zero-order valence-corrected chi connectivity index (χ0v) is 15.7. The van der Waals surface area contributed by atoms with Gasteiger partial charge < -0.3 is 10.1 Å². The molecule has 0 saturated carbocycles. The van der Waals surface area contributed by atoms with Crippen molar-refractivity contribution in [2.45, 2.75) is 52.1 Å². The fraction of sp³-hybridized carbons (Fsp3) is 0.611. The lowest BCUT2D eigenvalue weighted by Crippen LogP contribution is -2.47. The number of nitrogens with one attached hydrogen (secondary N) is 2. The van der Waals surface area contributed by atoms with Crippen molar-refractivity contribution in [3.8, 4) is 0 Å². The van der Waals surface area contributed by atoms with Crippen LogP contribution < -0.4 is 10.6 Å². The number of urea groups is 1. The minimum Gasteiger partial charge on any atom is -0.454 e. The van der Waals surface area contributed by atoms with Crippen LogP contribution in [0.5, 0.6) is 0 Å². The number of carbonyl (C=O) groups excluding carboxylic acids is 5. The zero-order chi connectivity index (χ0) is 20.1. The molecule has 1 aliphatic heterocycles. The Morgan fingerprint density at radius 1 is 1.15 bits per heavy atom. The Bertz CT molecular complexity index is 648. The molecule has 2 rings (SSSR count). The summed E-state index contributed by atoms with van der Waals surface area (Å²) in [6.45, 7) is 4.37. The number of rotatable bonds is 6. The molecule has 148 valence electrons. The maximum absolute atomic E-state index is 12.4. The second-order valence-electron chi connectivity index (χ2n) is 6.82. The van der Waals surface area contributed by atoms with Gasteiger partial charge in [0.25, 0.3) is 5.91 Å². The molecule has 0 aromatic carbocycles. The number of carbonyl (C=O) groups is 5. The van der Waals surface area contributed by atoms with Crippen LogP contribution in [0.1, 0.15) is 40.0 Å². The van der Waals surface area contributed by atoms with Crippen molar-refractivity contribution in [3.05, 3.63) is 12.2 Å². The first kappa shape index (κ1) is 20.6. The molecule has 0 spiro atoms. The number of fused-ring (bicyclic) bond motifs is 1. The Morgan fingerprint density at radius 2 is 1.70 bits per heavy atom. The average Bonchev–Trinajstić information content (AvgIpc) is 2.90. The van der Waals surface area contributed by atoms with E-state index in [0.717, 1.165) is 4.90 Å². The number of ether oxygens (including phenoxy) is 1. The minimum absolute atomic E-state index is 0.106. The van der Waals surface area contributed by atoms with Gasteiger partial charge in [0.1, 0.15) is 6.04 Å². The first-order valence-electron chi connectivity index (χ1n) is 9.05. The van der Waals surface area contributed by atoms with Crippen LogP contribution in [0.25, 0.3) is 0 Å². The SMILES string of the molecule is CC[C@@H](C)NC(=O)NC(=O)COC(=O)[C@H](C)N1C(=O)[C@H]2CC=CC[C@@H]2C1=O. The summed E-state index contributed by atoms with van der Waals surface area (Å²) in [6, 6.07) is -1.91. The molecule has 0 aromatic heterocycles. The summed E-state index contributed by atoms with van der Waals surface area (Å²) in [5.41, 5.74) is 0. The van der Waals surface area contributed by atoms with Crippen molar-refractivity contribution in [3.63, 3.8) is 0 Å². The molecule has 1 fully saturated rings. The summed E-state index contributed by atoms with van der Waals surface area (Å²) in [5.74, 6) is -3.34. The molecule has 27 heavy (non-hydrogen) atoms. The number of hydrogen-bond acceptors (Lipinski definition) is 6. The van der Waals surface area contributed by atoms with Gasteiger partial charge in [0.2, 0.25) is 11.8 Å². The predicted octanol–water partition coefficient (Wildman–Crippen LogP) is 0.494. The summed E-state index contributed by atoms with van der Waals surface area (Å²) in [4.78, 5) is 61.2. The van der Waals surface area contributed by atoms with Gasteiger partial charge in [-0.15, -0.1) is 0 Å². The van der Waals surface area contributed by atoms with E-state index < -0.39 is 54.2 Å². The maximum atomic E-state index is 12.4. The van der Waals surface area contributed by atoms with Crippen LogP contribution in [0.3, 0.4) is 0 Å². The summed E-state index contributed by atoms with van der Waals surface area (Å²) in [7, 11) is 0. The fourth-order valence-electron chi connectivity index (χ4n) is 3.10. The molecule has 0 aromatic rings. The summed E-state index contributed by atoms with van der Waals surface area (Å²) >= 11 is 0. The summed E-state index contributed by atoms with van der Waals surface area (Å²) in [6.07, 6.45) is 5.35. The number of imide groups is 2. The second-order valence-corrected chi connectivity index (χ2v) is 6.82. The fourth-order valence-corrected chi connectivity index (χ4v) is 3.10. The molecule has 9 heteroatoms. The van der Waals surface area contributed by atoms with Crippen LogP contribution in [0.15, 0.2) is 12.2 Å². The molecule has 0 bridgehead atoms. The standard InChI is InChI=1S/C18H25N3O6/c1-4-10(2)19-18(26)20-14(22)9-27-17(25)11(3)21-15(23)12-7-5-6-8-13(12)16(21)24/h5-6,10-13H,4,7-9H2,1-3H3,(H2,19,20,22,26)/t10-,11+,12+,13+/m1/s1. The van der Waals surface area contributed by atoms with Gasteiger partial charge >= 0.3 is 12.0 Å². The van der Waals surface area contributed by atoms with Crippen molar-refractivity contribution in [2.24, 2.45) is 11.8 Å². The molecule has 2 N–H and O–H groups in total. The van der Waals surface area contributed by atoms with Crippen molar-refractivity contribution in [2.75, 3.05) is 6.61 Å². The quantitative estimate of drug-likeness (QED) is 0.394. The largest absolute Gasteiger partial charge is 0.454 e. The highest BCUT2D eigenvalue weighted by molar-refractivity contribution is 6.08. The Labute approximate surface area is 157 Å². The van der Waals surface area contributed by atoms with E-state index in [1.807, 2.05) is 24.4 Å². The van der Waals surface area contributed by atoms with Gasteiger partial charge in [-0.2, -0.15) is 0 Å². The average molecular weight is 379 g/mol. The third-order valence-electron chi connectivity index (χ3n) is 4.86. The topological polar surface area (TPSA) is 122 Å². The van der Waals surface area contributed by atoms with Crippen molar-refractivity contribution < 1.29 is 28.7 Å². The highest BCUT2D eigenvalue weighted by Gasteiger charge is 2.50. The van der Waals surface area contributed by atoms with Crippen LogP contribution in [0.2, 0.25) is 0 Å². The molecule has 0 unspecified atom stereocenters. The smallest absolute Gasteiger partial charge is 0.329 e. The van der Waals surface area contributed by atoms with E-state index >= 15 is 0 Å². The van der Waals surface area contributed by atoms with Crippen molar-refractivity contribution in [1.29, 1.82) is 0 Å². The van der Waals surface area contributed by atoms with Crippen LogP contribution in [0.4, 0.5) is 4.79 Å². The van der Waals surface area contributed by atoms with Gasteiger partial charge in [-0.05, 0) is 33.1 Å². The number of nitrogens with zero attached hydrogens (tertiary/aromatic N) is 1. The predicted molar refractivity (Wildman–Crippen MR) is 94.1 cm³/mol.